The molecule has 4 aliphatic rings. The van der Waals surface area contributed by atoms with Crippen molar-refractivity contribution in [2.45, 2.75) is 104 Å². The van der Waals surface area contributed by atoms with Gasteiger partial charge in [-0.25, -0.2) is 0 Å². The number of hydrogen-bond acceptors (Lipinski definition) is 2. The Bertz CT molecular complexity index is 740. The highest BCUT2D eigenvalue weighted by atomic mass is 28.4. The molecule has 4 aliphatic carbocycles. The Kier molecular flexibility index (Phi) is 4.71. The van der Waals surface area contributed by atoms with Crippen molar-refractivity contribution in [2.24, 2.45) is 22.7 Å². The molecule has 3 heteroatoms. The van der Waals surface area contributed by atoms with E-state index in [-0.39, 0.29) is 15.9 Å². The van der Waals surface area contributed by atoms with Crippen LogP contribution in [-0.2, 0) is 9.22 Å². The summed E-state index contributed by atoms with van der Waals surface area (Å²) in [4.78, 5) is 12.6. The smallest absolute Gasteiger partial charge is 0.192 e. The van der Waals surface area contributed by atoms with E-state index < -0.39 is 8.32 Å². The third-order valence-electron chi connectivity index (χ3n) is 9.41. The van der Waals surface area contributed by atoms with Gasteiger partial charge in [0, 0.05) is 23.4 Å². The van der Waals surface area contributed by atoms with Gasteiger partial charge in [-0.15, -0.1) is 0 Å². The first-order valence-electron chi connectivity index (χ1n) is 11.5. The Morgan fingerprint density at radius 1 is 1.14 bits per heavy atom. The van der Waals surface area contributed by atoms with Gasteiger partial charge in [0.1, 0.15) is 5.78 Å². The zero-order valence-corrected chi connectivity index (χ0v) is 20.2. The normalized spacial score (nSPS) is 41.0. The van der Waals surface area contributed by atoms with Crippen LogP contribution in [0.5, 0.6) is 0 Å². The molecule has 5 atom stereocenters. The van der Waals surface area contributed by atoms with Crippen LogP contribution < -0.4 is 0 Å². The average molecular weight is 401 g/mol. The van der Waals surface area contributed by atoms with Crippen molar-refractivity contribution in [1.29, 1.82) is 0 Å². The van der Waals surface area contributed by atoms with Gasteiger partial charge in [-0.3, -0.25) is 4.79 Å². The molecule has 4 rings (SSSR count). The zero-order valence-electron chi connectivity index (χ0n) is 19.2. The summed E-state index contributed by atoms with van der Waals surface area (Å²) in [5, 5.41) is 0.269. The summed E-state index contributed by atoms with van der Waals surface area (Å²) in [5.41, 5.74) is 3.42. The Labute approximate surface area is 173 Å². The van der Waals surface area contributed by atoms with E-state index >= 15 is 0 Å². The summed E-state index contributed by atoms with van der Waals surface area (Å²) >= 11 is 0. The highest BCUT2D eigenvalue weighted by Crippen LogP contribution is 2.62. The van der Waals surface area contributed by atoms with Crippen molar-refractivity contribution >= 4 is 14.1 Å². The van der Waals surface area contributed by atoms with Crippen LogP contribution in [0.3, 0.4) is 0 Å². The lowest BCUT2D eigenvalue weighted by Crippen LogP contribution is -2.48. The molecule has 0 unspecified atom stereocenters. The highest BCUT2D eigenvalue weighted by Gasteiger charge is 2.55. The fourth-order valence-corrected chi connectivity index (χ4v) is 7.80. The molecular weight excluding hydrogens is 360 g/mol. The molecule has 28 heavy (non-hydrogen) atoms. The van der Waals surface area contributed by atoms with E-state index in [0.717, 1.165) is 32.1 Å². The Morgan fingerprint density at radius 2 is 1.86 bits per heavy atom. The first-order valence-corrected chi connectivity index (χ1v) is 14.4. The number of fused-ring (bicyclic) bond motifs is 5. The maximum absolute atomic E-state index is 12.6. The summed E-state index contributed by atoms with van der Waals surface area (Å²) in [6, 6.07) is 0. The van der Waals surface area contributed by atoms with Gasteiger partial charge < -0.3 is 4.43 Å². The van der Waals surface area contributed by atoms with E-state index in [1.54, 1.807) is 11.1 Å². The summed E-state index contributed by atoms with van der Waals surface area (Å²) in [7, 11) is -1.72. The molecule has 2 saturated carbocycles. The van der Waals surface area contributed by atoms with Crippen molar-refractivity contribution in [1.82, 2.24) is 0 Å². The number of carbonyl (C=O) groups excluding carboxylic acids is 1. The minimum absolute atomic E-state index is 0.0848. The van der Waals surface area contributed by atoms with E-state index in [0.29, 0.717) is 23.7 Å². The number of Topliss-reactive ketones (excluding diaryl/α,β-unsaturated/α-hetero) is 1. The molecule has 2 fully saturated rings. The molecule has 0 amide bonds. The first kappa shape index (κ1) is 20.6. The largest absolute Gasteiger partial charge is 0.414 e. The highest BCUT2D eigenvalue weighted by molar-refractivity contribution is 6.74. The molecule has 0 aromatic rings. The molecule has 2 nitrogen and oxygen atoms in total. The lowest BCUT2D eigenvalue weighted by atomic mass is 9.52. The van der Waals surface area contributed by atoms with Crippen LogP contribution in [0.2, 0.25) is 18.1 Å². The number of ketones is 1. The molecule has 0 spiro atoms. The lowest BCUT2D eigenvalue weighted by molar-refractivity contribution is -0.127. The van der Waals surface area contributed by atoms with Crippen LogP contribution in [0, 0.1) is 22.7 Å². The predicted molar refractivity (Wildman–Crippen MR) is 119 cm³/mol. The molecule has 156 valence electrons. The number of carbonyl (C=O) groups is 1. The number of allylic oxidation sites excluding steroid dienone is 3. The summed E-state index contributed by atoms with van der Waals surface area (Å²) in [6.07, 6.45) is 12.9. The van der Waals surface area contributed by atoms with Crippen molar-refractivity contribution in [3.63, 3.8) is 0 Å². The second-order valence-electron chi connectivity index (χ2n) is 12.0. The van der Waals surface area contributed by atoms with Gasteiger partial charge in [0.2, 0.25) is 0 Å². The molecular formula is C25H40O2Si. The fraction of sp³-hybridized carbons (Fsp3) is 0.800. The predicted octanol–water partition coefficient (Wildman–Crippen LogP) is 6.83. The maximum Gasteiger partial charge on any atom is 0.192 e. The van der Waals surface area contributed by atoms with Gasteiger partial charge in [0.25, 0.3) is 0 Å². The SMILES string of the molecule is CC(C)(C)[Si](C)(C)O[C@H]1CC[C@@]2(C)C(=CC[C@@H]3C2=CC[C@]2(C)C(=O)CC[C@@H]32)C1. The van der Waals surface area contributed by atoms with E-state index in [4.69, 9.17) is 4.43 Å². The second-order valence-corrected chi connectivity index (χ2v) is 16.8. The Balaban J connectivity index is 1.56. The second kappa shape index (κ2) is 6.41. The van der Waals surface area contributed by atoms with Crippen molar-refractivity contribution in [3.05, 3.63) is 23.3 Å². The molecule has 0 saturated heterocycles. The van der Waals surface area contributed by atoms with Crippen molar-refractivity contribution < 1.29 is 9.22 Å². The van der Waals surface area contributed by atoms with E-state index in [1.165, 1.54) is 12.8 Å². The summed E-state index contributed by atoms with van der Waals surface area (Å²) < 4.78 is 6.81. The standard InChI is InChI=1S/C25H40O2Si/c1-23(2,3)28(6,7)27-18-12-14-24(4)17(16-18)8-9-19-20-10-11-22(26)25(20,5)15-13-21(19)24/h8,13,18-20H,9-12,14-16H2,1-7H3/t18-,19-,20-,24-,25-/m0/s1. The van der Waals surface area contributed by atoms with Gasteiger partial charge in [-0.2, -0.15) is 0 Å². The van der Waals surface area contributed by atoms with Crippen LogP contribution in [0.4, 0.5) is 0 Å². The van der Waals surface area contributed by atoms with Gasteiger partial charge in [0.15, 0.2) is 8.32 Å². The first-order chi connectivity index (χ1) is 12.9. The number of hydrogen-bond donors (Lipinski definition) is 0. The van der Waals surface area contributed by atoms with Crippen molar-refractivity contribution in [3.8, 4) is 0 Å². The molecule has 0 N–H and O–H groups in total. The van der Waals surface area contributed by atoms with E-state index in [1.807, 2.05) is 0 Å². The van der Waals surface area contributed by atoms with Gasteiger partial charge in [0.05, 0.1) is 0 Å². The molecule has 0 aliphatic heterocycles. The molecule has 0 bridgehead atoms. The van der Waals surface area contributed by atoms with E-state index in [2.05, 4.69) is 59.9 Å². The maximum atomic E-state index is 12.6. The zero-order chi connectivity index (χ0) is 20.5. The summed E-state index contributed by atoms with van der Waals surface area (Å²) in [6.45, 7) is 16.5. The molecule has 0 heterocycles. The monoisotopic (exact) mass is 400 g/mol. The quantitative estimate of drug-likeness (QED) is 0.375. The Morgan fingerprint density at radius 3 is 2.54 bits per heavy atom. The van der Waals surface area contributed by atoms with Crippen molar-refractivity contribution in [2.75, 3.05) is 0 Å². The molecule has 0 radical (unpaired) electrons. The van der Waals surface area contributed by atoms with Gasteiger partial charge in [-0.1, -0.05) is 57.9 Å². The van der Waals surface area contributed by atoms with Crippen LogP contribution in [0.1, 0.15) is 79.6 Å². The van der Waals surface area contributed by atoms with Crippen LogP contribution >= 0.6 is 0 Å². The minimum atomic E-state index is -1.72. The fourth-order valence-electron chi connectivity index (χ4n) is 6.41. The number of rotatable bonds is 2. The third kappa shape index (κ3) is 2.95. The van der Waals surface area contributed by atoms with Gasteiger partial charge in [-0.05, 0) is 68.5 Å². The van der Waals surface area contributed by atoms with Crippen LogP contribution in [0.15, 0.2) is 23.3 Å². The van der Waals surface area contributed by atoms with Crippen LogP contribution in [-0.4, -0.2) is 20.2 Å². The summed E-state index contributed by atoms with van der Waals surface area (Å²) in [5.74, 6) is 1.67. The van der Waals surface area contributed by atoms with Crippen LogP contribution in [0.25, 0.3) is 0 Å². The third-order valence-corrected chi connectivity index (χ3v) is 13.9. The average Bonchev–Trinajstić information content (AvgIpc) is 2.89. The Hall–Kier alpha value is -0.673. The lowest BCUT2D eigenvalue weighted by Gasteiger charge is -2.53. The minimum Gasteiger partial charge on any atom is -0.414 e. The topological polar surface area (TPSA) is 26.3 Å². The molecule has 0 aromatic heterocycles. The molecule has 0 aromatic carbocycles. The van der Waals surface area contributed by atoms with E-state index in [9.17, 15) is 4.79 Å². The van der Waals surface area contributed by atoms with Gasteiger partial charge >= 0.3 is 0 Å².